The van der Waals surface area contributed by atoms with Crippen molar-refractivity contribution < 1.29 is 13.9 Å². The van der Waals surface area contributed by atoms with Crippen molar-refractivity contribution in [1.29, 1.82) is 0 Å². The molecule has 0 aliphatic carbocycles. The van der Waals surface area contributed by atoms with Gasteiger partial charge in [-0.25, -0.2) is 9.07 Å². The summed E-state index contributed by atoms with van der Waals surface area (Å²) >= 11 is 8.84. The van der Waals surface area contributed by atoms with Gasteiger partial charge in [0.05, 0.1) is 17.6 Å². The Morgan fingerprint density at radius 2 is 1.93 bits per heavy atom. The molecule has 0 spiro atoms. The monoisotopic (exact) mass is 480 g/mol. The van der Waals surface area contributed by atoms with E-state index in [2.05, 4.69) is 31.6 Å². The number of nitrogens with one attached hydrogen (secondary N) is 2. The van der Waals surface area contributed by atoms with E-state index >= 15 is 0 Å². The van der Waals surface area contributed by atoms with Crippen LogP contribution in [-0.2, 0) is 19.6 Å². The Kier molecular flexibility index (Phi) is 7.27. The van der Waals surface area contributed by atoms with Crippen LogP contribution < -0.4 is 14.9 Å². The average molecular weight is 481 g/mol. The van der Waals surface area contributed by atoms with Gasteiger partial charge in [0.15, 0.2) is 17.3 Å². The molecule has 0 aliphatic rings. The lowest BCUT2D eigenvalue weighted by atomic mass is 10.2. The Balaban J connectivity index is 1.77. The molecule has 9 heteroatoms. The van der Waals surface area contributed by atoms with Crippen molar-refractivity contribution in [2.45, 2.75) is 33.4 Å². The molecule has 0 bridgehead atoms. The Bertz CT molecular complexity index is 1020. The van der Waals surface area contributed by atoms with E-state index in [1.54, 1.807) is 16.8 Å². The highest BCUT2D eigenvalue weighted by Gasteiger charge is 2.13. The summed E-state index contributed by atoms with van der Waals surface area (Å²) in [5.74, 6) is 1.80. The smallest absolute Gasteiger partial charge is 0.214 e. The first-order valence-electron chi connectivity index (χ1n) is 9.24. The zero-order chi connectivity index (χ0) is 20.8. The molecule has 0 fully saturated rings. The van der Waals surface area contributed by atoms with Crippen molar-refractivity contribution in [1.82, 2.24) is 14.9 Å². The lowest BCUT2D eigenvalue weighted by Gasteiger charge is -2.16. The van der Waals surface area contributed by atoms with E-state index in [-0.39, 0.29) is 5.82 Å². The van der Waals surface area contributed by atoms with Crippen molar-refractivity contribution in [3.8, 4) is 11.5 Å². The highest BCUT2D eigenvalue weighted by Crippen LogP contribution is 2.37. The standard InChI is InChI=1S/C20H22BrFN4O2S/c1-3-18-24-25-20(29)26(18)23-11-14-9-16(21)19(17(10-14)27-4-2)28-12-13-5-7-15(22)8-6-13/h5-10,23H,3-4,11-12H2,1-2H3,(H,25,29). The van der Waals surface area contributed by atoms with Crippen LogP contribution >= 0.6 is 28.1 Å². The maximum Gasteiger partial charge on any atom is 0.214 e. The van der Waals surface area contributed by atoms with Gasteiger partial charge < -0.3 is 14.9 Å². The Morgan fingerprint density at radius 1 is 1.17 bits per heavy atom. The quantitative estimate of drug-likeness (QED) is 0.415. The van der Waals surface area contributed by atoms with Crippen molar-refractivity contribution in [3.63, 3.8) is 0 Å². The van der Waals surface area contributed by atoms with Crippen molar-refractivity contribution in [2.75, 3.05) is 12.0 Å². The molecule has 1 heterocycles. The van der Waals surface area contributed by atoms with E-state index in [0.717, 1.165) is 27.8 Å². The Labute approximate surface area is 182 Å². The van der Waals surface area contributed by atoms with Crippen LogP contribution in [0.15, 0.2) is 40.9 Å². The highest BCUT2D eigenvalue weighted by molar-refractivity contribution is 9.10. The number of ether oxygens (including phenoxy) is 2. The molecule has 2 aromatic carbocycles. The number of H-pyrrole nitrogens is 1. The average Bonchev–Trinajstić information content (AvgIpc) is 3.07. The summed E-state index contributed by atoms with van der Waals surface area (Å²) in [4.78, 5) is 0. The zero-order valence-corrected chi connectivity index (χ0v) is 18.6. The first-order chi connectivity index (χ1) is 14.0. The van der Waals surface area contributed by atoms with Gasteiger partial charge in [-0.3, -0.25) is 5.10 Å². The highest BCUT2D eigenvalue weighted by atomic mass is 79.9. The molecule has 0 saturated carbocycles. The maximum absolute atomic E-state index is 13.1. The van der Waals surface area contributed by atoms with Gasteiger partial charge in [-0.05, 0) is 70.5 Å². The first-order valence-corrected chi connectivity index (χ1v) is 10.4. The largest absolute Gasteiger partial charge is 0.490 e. The first kappa shape index (κ1) is 21.3. The summed E-state index contributed by atoms with van der Waals surface area (Å²) < 4.78 is 27.9. The maximum atomic E-state index is 13.1. The number of hydrogen-bond donors (Lipinski definition) is 2. The van der Waals surface area contributed by atoms with Crippen LogP contribution in [0, 0.1) is 10.6 Å². The van der Waals surface area contributed by atoms with Gasteiger partial charge in [-0.1, -0.05) is 19.1 Å². The minimum Gasteiger partial charge on any atom is -0.490 e. The van der Waals surface area contributed by atoms with Crippen LogP contribution in [0.5, 0.6) is 11.5 Å². The van der Waals surface area contributed by atoms with Crippen LogP contribution in [0.2, 0.25) is 0 Å². The number of nitrogens with zero attached hydrogens (tertiary/aromatic N) is 2. The molecule has 0 amide bonds. The molecule has 6 nitrogen and oxygen atoms in total. The number of rotatable bonds is 9. The lowest BCUT2D eigenvalue weighted by Crippen LogP contribution is -2.17. The third-order valence-electron chi connectivity index (χ3n) is 4.16. The normalized spacial score (nSPS) is 10.8. The van der Waals surface area contributed by atoms with Crippen LogP contribution in [0.3, 0.4) is 0 Å². The van der Waals surface area contributed by atoms with Gasteiger partial charge in [0, 0.05) is 6.42 Å². The van der Waals surface area contributed by atoms with E-state index in [1.165, 1.54) is 12.1 Å². The molecule has 0 aliphatic heterocycles. The molecule has 2 N–H and O–H groups in total. The summed E-state index contributed by atoms with van der Waals surface area (Å²) in [7, 11) is 0. The summed E-state index contributed by atoms with van der Waals surface area (Å²) in [6.07, 6.45) is 0.754. The van der Waals surface area contributed by atoms with E-state index < -0.39 is 0 Å². The number of benzene rings is 2. The van der Waals surface area contributed by atoms with E-state index in [1.807, 2.05) is 26.0 Å². The van der Waals surface area contributed by atoms with E-state index in [0.29, 0.717) is 36.0 Å². The third kappa shape index (κ3) is 5.36. The number of hydrogen-bond acceptors (Lipinski definition) is 5. The predicted molar refractivity (Wildman–Crippen MR) is 116 cm³/mol. The molecular formula is C20H22BrFN4O2S. The summed E-state index contributed by atoms with van der Waals surface area (Å²) in [5, 5.41) is 6.98. The van der Waals surface area contributed by atoms with Gasteiger partial charge in [0.1, 0.15) is 12.4 Å². The summed E-state index contributed by atoms with van der Waals surface area (Å²) in [6, 6.07) is 10.1. The van der Waals surface area contributed by atoms with Crippen LogP contribution in [0.4, 0.5) is 4.39 Å². The second kappa shape index (κ2) is 9.89. The minimum atomic E-state index is -0.272. The molecule has 0 atom stereocenters. The van der Waals surface area contributed by atoms with Gasteiger partial charge in [0.2, 0.25) is 4.77 Å². The number of halogens is 2. The fraction of sp³-hybridized carbons (Fsp3) is 0.300. The van der Waals surface area contributed by atoms with Crippen molar-refractivity contribution in [3.05, 3.63) is 68.4 Å². The van der Waals surface area contributed by atoms with Crippen LogP contribution in [0.25, 0.3) is 0 Å². The van der Waals surface area contributed by atoms with Gasteiger partial charge in [-0.2, -0.15) is 5.10 Å². The fourth-order valence-corrected chi connectivity index (χ4v) is 3.58. The van der Waals surface area contributed by atoms with E-state index in [4.69, 9.17) is 21.7 Å². The molecule has 0 unspecified atom stereocenters. The summed E-state index contributed by atoms with van der Waals surface area (Å²) in [5.41, 5.74) is 5.13. The molecular weight excluding hydrogens is 459 g/mol. The molecule has 3 aromatic rings. The number of aromatic nitrogens is 3. The van der Waals surface area contributed by atoms with Crippen molar-refractivity contribution in [2.24, 2.45) is 0 Å². The molecule has 29 heavy (non-hydrogen) atoms. The fourth-order valence-electron chi connectivity index (χ4n) is 2.76. The SMILES string of the molecule is CCOc1cc(CNn2c(CC)n[nH]c2=S)cc(Br)c1OCc1ccc(F)cc1. The topological polar surface area (TPSA) is 64.1 Å². The molecule has 0 radical (unpaired) electrons. The predicted octanol–water partition coefficient (Wildman–Crippen LogP) is 5.13. The van der Waals surface area contributed by atoms with Crippen LogP contribution in [0.1, 0.15) is 30.8 Å². The molecule has 0 saturated heterocycles. The Morgan fingerprint density at radius 3 is 2.62 bits per heavy atom. The molecule has 154 valence electrons. The second-order valence-corrected chi connectivity index (χ2v) is 7.46. The minimum absolute atomic E-state index is 0.272. The molecule has 1 aromatic heterocycles. The van der Waals surface area contributed by atoms with E-state index in [9.17, 15) is 4.39 Å². The van der Waals surface area contributed by atoms with Crippen LogP contribution in [-0.4, -0.2) is 21.5 Å². The second-order valence-electron chi connectivity index (χ2n) is 6.22. The van der Waals surface area contributed by atoms with Gasteiger partial charge in [-0.15, -0.1) is 0 Å². The lowest BCUT2D eigenvalue weighted by molar-refractivity contribution is 0.267. The van der Waals surface area contributed by atoms with Gasteiger partial charge in [0.25, 0.3) is 0 Å². The molecule has 3 rings (SSSR count). The number of aromatic amines is 1. The summed E-state index contributed by atoms with van der Waals surface area (Å²) in [6.45, 7) is 5.27. The van der Waals surface area contributed by atoms with Crippen molar-refractivity contribution >= 4 is 28.1 Å². The zero-order valence-electron chi connectivity index (χ0n) is 16.2. The number of aryl methyl sites for hydroxylation is 1. The third-order valence-corrected chi connectivity index (χ3v) is 5.03. The Hall–Kier alpha value is -2.39. The van der Waals surface area contributed by atoms with Gasteiger partial charge >= 0.3 is 0 Å².